The van der Waals surface area contributed by atoms with Gasteiger partial charge in [0.15, 0.2) is 5.82 Å². The zero-order chi connectivity index (χ0) is 15.2. The second-order valence-corrected chi connectivity index (χ2v) is 5.38. The van der Waals surface area contributed by atoms with Crippen molar-refractivity contribution in [3.8, 4) is 0 Å². The lowest BCUT2D eigenvalue weighted by Gasteiger charge is -2.34. The first-order valence-electron chi connectivity index (χ1n) is 7.53. The summed E-state index contributed by atoms with van der Waals surface area (Å²) in [7, 11) is 2.02. The fraction of sp³-hybridized carbons (Fsp3) is 0.714. The lowest BCUT2D eigenvalue weighted by molar-refractivity contribution is -0.129. The highest BCUT2D eigenvalue weighted by Gasteiger charge is 2.21. The van der Waals surface area contributed by atoms with Crippen LogP contribution in [0.3, 0.4) is 0 Å². The van der Waals surface area contributed by atoms with E-state index >= 15 is 0 Å². The van der Waals surface area contributed by atoms with E-state index in [0.717, 1.165) is 38.3 Å². The summed E-state index contributed by atoms with van der Waals surface area (Å²) in [5, 5.41) is 8.20. The summed E-state index contributed by atoms with van der Waals surface area (Å²) in [5.74, 6) is 1.63. The standard InChI is InChI=1S/C14H24N6O/c1-4-5-6-18(3)13-11-15-17-14(16-13)20-9-7-19(8-10-20)12(2)21/h11H,4-10H2,1-3H3. The van der Waals surface area contributed by atoms with Gasteiger partial charge in [0.1, 0.15) is 0 Å². The average molecular weight is 292 g/mol. The number of carbonyl (C=O) groups excluding carboxylic acids is 1. The molecule has 0 radical (unpaired) electrons. The van der Waals surface area contributed by atoms with Crippen molar-refractivity contribution < 1.29 is 4.79 Å². The molecule has 1 amide bonds. The van der Waals surface area contributed by atoms with Crippen LogP contribution in [0.1, 0.15) is 26.7 Å². The number of nitrogens with zero attached hydrogens (tertiary/aromatic N) is 6. The van der Waals surface area contributed by atoms with Gasteiger partial charge in [-0.2, -0.15) is 10.1 Å². The molecular weight excluding hydrogens is 268 g/mol. The van der Waals surface area contributed by atoms with Crippen LogP contribution in [0.25, 0.3) is 0 Å². The molecule has 7 nitrogen and oxygen atoms in total. The summed E-state index contributed by atoms with van der Waals surface area (Å²) in [6.45, 7) is 7.69. The fourth-order valence-electron chi connectivity index (χ4n) is 2.33. The van der Waals surface area contributed by atoms with Crippen LogP contribution in [0.2, 0.25) is 0 Å². The van der Waals surface area contributed by atoms with Crippen molar-refractivity contribution in [1.82, 2.24) is 20.1 Å². The van der Waals surface area contributed by atoms with Crippen molar-refractivity contribution in [2.75, 3.05) is 49.6 Å². The van der Waals surface area contributed by atoms with Crippen molar-refractivity contribution in [2.45, 2.75) is 26.7 Å². The van der Waals surface area contributed by atoms with E-state index in [1.165, 1.54) is 0 Å². The highest BCUT2D eigenvalue weighted by molar-refractivity contribution is 5.73. The number of hydrogen-bond acceptors (Lipinski definition) is 6. The molecule has 0 unspecified atom stereocenters. The molecule has 21 heavy (non-hydrogen) atoms. The number of piperazine rings is 1. The van der Waals surface area contributed by atoms with Crippen molar-refractivity contribution in [1.29, 1.82) is 0 Å². The van der Waals surface area contributed by atoms with Crippen LogP contribution < -0.4 is 9.80 Å². The minimum Gasteiger partial charge on any atom is -0.358 e. The molecule has 0 saturated carbocycles. The van der Waals surface area contributed by atoms with E-state index < -0.39 is 0 Å². The Hall–Kier alpha value is -1.92. The van der Waals surface area contributed by atoms with Crippen molar-refractivity contribution in [3.05, 3.63) is 6.20 Å². The Labute approximate surface area is 126 Å². The van der Waals surface area contributed by atoms with Crippen LogP contribution in [0.15, 0.2) is 6.20 Å². The first-order chi connectivity index (χ1) is 10.1. The van der Waals surface area contributed by atoms with Gasteiger partial charge in [-0.25, -0.2) is 0 Å². The minimum atomic E-state index is 0.127. The maximum atomic E-state index is 11.3. The highest BCUT2D eigenvalue weighted by atomic mass is 16.2. The first kappa shape index (κ1) is 15.5. The van der Waals surface area contributed by atoms with E-state index in [1.807, 2.05) is 11.9 Å². The molecular formula is C14H24N6O. The van der Waals surface area contributed by atoms with E-state index in [0.29, 0.717) is 19.0 Å². The van der Waals surface area contributed by atoms with Gasteiger partial charge >= 0.3 is 0 Å². The Balaban J connectivity index is 1.99. The van der Waals surface area contributed by atoms with E-state index in [2.05, 4.69) is 31.9 Å². The Bertz CT molecular complexity index is 472. The van der Waals surface area contributed by atoms with E-state index in [4.69, 9.17) is 0 Å². The Morgan fingerprint density at radius 3 is 2.67 bits per heavy atom. The third kappa shape index (κ3) is 4.03. The Morgan fingerprint density at radius 2 is 2.05 bits per heavy atom. The smallest absolute Gasteiger partial charge is 0.247 e. The van der Waals surface area contributed by atoms with Gasteiger partial charge in [-0.15, -0.1) is 5.10 Å². The number of carbonyl (C=O) groups is 1. The Kier molecular flexibility index (Phi) is 5.30. The topological polar surface area (TPSA) is 65.5 Å². The van der Waals surface area contributed by atoms with Crippen LogP contribution in [0.4, 0.5) is 11.8 Å². The molecule has 1 aliphatic rings. The van der Waals surface area contributed by atoms with Gasteiger partial charge in [0.25, 0.3) is 0 Å². The molecule has 1 fully saturated rings. The maximum absolute atomic E-state index is 11.3. The largest absolute Gasteiger partial charge is 0.358 e. The molecule has 0 bridgehead atoms. The van der Waals surface area contributed by atoms with Crippen molar-refractivity contribution >= 4 is 17.7 Å². The molecule has 7 heteroatoms. The predicted molar refractivity (Wildman–Crippen MR) is 82.5 cm³/mol. The summed E-state index contributed by atoms with van der Waals surface area (Å²) in [6, 6.07) is 0. The molecule has 0 aromatic carbocycles. The zero-order valence-electron chi connectivity index (χ0n) is 13.1. The van der Waals surface area contributed by atoms with Crippen LogP contribution in [-0.2, 0) is 4.79 Å². The van der Waals surface area contributed by atoms with Gasteiger partial charge in [-0.05, 0) is 6.42 Å². The molecule has 1 aromatic heterocycles. The van der Waals surface area contributed by atoms with Gasteiger partial charge in [-0.1, -0.05) is 13.3 Å². The predicted octanol–water partition coefficient (Wildman–Crippen LogP) is 0.776. The van der Waals surface area contributed by atoms with Crippen LogP contribution in [-0.4, -0.2) is 65.8 Å². The summed E-state index contributed by atoms with van der Waals surface area (Å²) < 4.78 is 0. The number of unbranched alkanes of at least 4 members (excludes halogenated alkanes) is 1. The second kappa shape index (κ2) is 7.19. The van der Waals surface area contributed by atoms with E-state index in [1.54, 1.807) is 13.1 Å². The highest BCUT2D eigenvalue weighted by Crippen LogP contribution is 2.14. The molecule has 2 rings (SSSR count). The van der Waals surface area contributed by atoms with Crippen LogP contribution in [0.5, 0.6) is 0 Å². The third-order valence-electron chi connectivity index (χ3n) is 3.78. The molecule has 1 saturated heterocycles. The van der Waals surface area contributed by atoms with Crippen molar-refractivity contribution in [2.24, 2.45) is 0 Å². The Morgan fingerprint density at radius 1 is 1.33 bits per heavy atom. The quantitative estimate of drug-likeness (QED) is 0.799. The number of amides is 1. The summed E-state index contributed by atoms with van der Waals surface area (Å²) in [6.07, 6.45) is 3.99. The van der Waals surface area contributed by atoms with Crippen molar-refractivity contribution in [3.63, 3.8) is 0 Å². The molecule has 116 valence electrons. The monoisotopic (exact) mass is 292 g/mol. The van der Waals surface area contributed by atoms with Gasteiger partial charge in [0.05, 0.1) is 6.20 Å². The molecule has 2 heterocycles. The van der Waals surface area contributed by atoms with Crippen LogP contribution >= 0.6 is 0 Å². The van der Waals surface area contributed by atoms with Crippen LogP contribution in [0, 0.1) is 0 Å². The summed E-state index contributed by atoms with van der Waals surface area (Å²) >= 11 is 0. The van der Waals surface area contributed by atoms with E-state index in [9.17, 15) is 4.79 Å². The average Bonchev–Trinajstić information content (AvgIpc) is 2.52. The molecule has 1 aliphatic heterocycles. The number of aromatic nitrogens is 3. The molecule has 1 aromatic rings. The third-order valence-corrected chi connectivity index (χ3v) is 3.78. The minimum absolute atomic E-state index is 0.127. The molecule has 0 spiro atoms. The first-order valence-corrected chi connectivity index (χ1v) is 7.53. The van der Waals surface area contributed by atoms with Gasteiger partial charge in [0, 0.05) is 46.7 Å². The molecule has 0 N–H and O–H groups in total. The van der Waals surface area contributed by atoms with Gasteiger partial charge in [0.2, 0.25) is 11.9 Å². The normalized spacial score (nSPS) is 15.2. The number of rotatable bonds is 5. The number of anilines is 2. The maximum Gasteiger partial charge on any atom is 0.247 e. The summed E-state index contributed by atoms with van der Waals surface area (Å²) in [5.41, 5.74) is 0. The van der Waals surface area contributed by atoms with E-state index in [-0.39, 0.29) is 5.91 Å². The lowest BCUT2D eigenvalue weighted by Crippen LogP contribution is -2.48. The fourth-order valence-corrected chi connectivity index (χ4v) is 2.33. The summed E-state index contributed by atoms with van der Waals surface area (Å²) in [4.78, 5) is 22.0. The molecule has 0 atom stereocenters. The number of hydrogen-bond donors (Lipinski definition) is 0. The zero-order valence-corrected chi connectivity index (χ0v) is 13.1. The van der Waals surface area contributed by atoms with Gasteiger partial charge in [-0.3, -0.25) is 4.79 Å². The lowest BCUT2D eigenvalue weighted by atomic mass is 10.3. The second-order valence-electron chi connectivity index (χ2n) is 5.38. The van der Waals surface area contributed by atoms with Gasteiger partial charge < -0.3 is 14.7 Å². The molecule has 0 aliphatic carbocycles. The SMILES string of the molecule is CCCCN(C)c1cnnc(N2CCN(C(C)=O)CC2)n1.